The Labute approximate surface area is 236 Å². The first-order valence-electron chi connectivity index (χ1n) is 14.0. The highest BCUT2D eigenvalue weighted by molar-refractivity contribution is 6.08. The predicted molar refractivity (Wildman–Crippen MR) is 146 cm³/mol. The summed E-state index contributed by atoms with van der Waals surface area (Å²) in [7, 11) is 0. The van der Waals surface area contributed by atoms with Gasteiger partial charge in [0.15, 0.2) is 11.3 Å². The molecule has 1 amide bonds. The fraction of sp³-hybridized carbons (Fsp3) is 0.571. The number of ether oxygens (including phenoxy) is 1. The van der Waals surface area contributed by atoms with Crippen LogP contribution in [0.3, 0.4) is 0 Å². The summed E-state index contributed by atoms with van der Waals surface area (Å²) >= 11 is 0. The highest BCUT2D eigenvalue weighted by Gasteiger charge is 2.31. The van der Waals surface area contributed by atoms with Gasteiger partial charge in [0.05, 0.1) is 23.8 Å². The van der Waals surface area contributed by atoms with Crippen molar-refractivity contribution < 1.29 is 27.9 Å². The van der Waals surface area contributed by atoms with Crippen LogP contribution in [0.25, 0.3) is 5.65 Å². The normalized spacial score (nSPS) is 21.7. The van der Waals surface area contributed by atoms with Gasteiger partial charge in [0, 0.05) is 31.4 Å². The molecule has 41 heavy (non-hydrogen) atoms. The quantitative estimate of drug-likeness (QED) is 0.322. The van der Waals surface area contributed by atoms with E-state index in [1.807, 2.05) is 25.7 Å². The fourth-order valence-electron chi connectivity index (χ4n) is 5.50. The predicted octanol–water partition coefficient (Wildman–Crippen LogP) is 4.60. The molecule has 3 aromatic heterocycles. The van der Waals surface area contributed by atoms with E-state index in [0.29, 0.717) is 51.0 Å². The number of carbonyl (C=O) groups is 3. The average Bonchev–Trinajstić information content (AvgIpc) is 3.56. The second-order valence-corrected chi connectivity index (χ2v) is 11.8. The molecule has 0 aromatic carbocycles. The SMILES string of the molecule is CC(C)(C)OC(=O)[C@H]1CCCN(c2ccn3ncc(C(=O)Nc4cn(C5CCC(C=O)CC5)nc4C(F)F)c3n2)C1. The molecule has 2 fully saturated rings. The maximum Gasteiger partial charge on any atom is 0.311 e. The van der Waals surface area contributed by atoms with Crippen LogP contribution < -0.4 is 10.2 Å². The Bertz CT molecular complexity index is 1420. The minimum Gasteiger partial charge on any atom is -0.460 e. The van der Waals surface area contributed by atoms with Gasteiger partial charge in [0.25, 0.3) is 12.3 Å². The minimum absolute atomic E-state index is 0.0169. The molecule has 0 unspecified atom stereocenters. The lowest BCUT2D eigenvalue weighted by atomic mass is 9.87. The van der Waals surface area contributed by atoms with Crippen LogP contribution in [0, 0.1) is 11.8 Å². The topological polar surface area (TPSA) is 124 Å². The summed E-state index contributed by atoms with van der Waals surface area (Å²) in [6.45, 7) is 6.62. The van der Waals surface area contributed by atoms with Crippen molar-refractivity contribution in [2.45, 2.75) is 77.4 Å². The van der Waals surface area contributed by atoms with E-state index in [1.165, 1.54) is 21.6 Å². The van der Waals surface area contributed by atoms with Crippen molar-refractivity contribution in [3.05, 3.63) is 35.9 Å². The van der Waals surface area contributed by atoms with Crippen LogP contribution in [0.1, 0.15) is 87.8 Å². The highest BCUT2D eigenvalue weighted by atomic mass is 19.3. The Morgan fingerprint density at radius 3 is 2.61 bits per heavy atom. The zero-order valence-electron chi connectivity index (χ0n) is 23.4. The van der Waals surface area contributed by atoms with Crippen molar-refractivity contribution >= 4 is 35.3 Å². The van der Waals surface area contributed by atoms with E-state index in [4.69, 9.17) is 4.74 Å². The van der Waals surface area contributed by atoms with Crippen LogP contribution in [0.5, 0.6) is 0 Å². The molecule has 1 aliphatic carbocycles. The van der Waals surface area contributed by atoms with Crippen LogP contribution in [-0.2, 0) is 14.3 Å². The summed E-state index contributed by atoms with van der Waals surface area (Å²) in [5, 5.41) is 10.9. The number of esters is 1. The third-order valence-corrected chi connectivity index (χ3v) is 7.61. The van der Waals surface area contributed by atoms with Gasteiger partial charge in [0.1, 0.15) is 23.3 Å². The number of nitrogens with zero attached hydrogens (tertiary/aromatic N) is 6. The minimum atomic E-state index is -2.89. The molecular weight excluding hydrogens is 536 g/mol. The van der Waals surface area contributed by atoms with E-state index in [0.717, 1.165) is 12.7 Å². The first-order valence-corrected chi connectivity index (χ1v) is 14.0. The molecule has 11 nitrogen and oxygen atoms in total. The van der Waals surface area contributed by atoms with Gasteiger partial charge in [-0.25, -0.2) is 18.3 Å². The van der Waals surface area contributed by atoms with Crippen LogP contribution in [0.15, 0.2) is 24.7 Å². The van der Waals surface area contributed by atoms with Gasteiger partial charge >= 0.3 is 5.97 Å². The van der Waals surface area contributed by atoms with Crippen molar-refractivity contribution in [2.75, 3.05) is 23.3 Å². The van der Waals surface area contributed by atoms with Crippen LogP contribution >= 0.6 is 0 Å². The number of rotatable bonds is 7. The van der Waals surface area contributed by atoms with Crippen molar-refractivity contribution in [1.82, 2.24) is 24.4 Å². The number of alkyl halides is 2. The number of hydrogen-bond donors (Lipinski definition) is 1. The molecule has 5 rings (SSSR count). The van der Waals surface area contributed by atoms with Crippen LogP contribution in [0.4, 0.5) is 20.3 Å². The van der Waals surface area contributed by atoms with Gasteiger partial charge in [-0.2, -0.15) is 10.2 Å². The van der Waals surface area contributed by atoms with Crippen molar-refractivity contribution in [3.8, 4) is 0 Å². The molecule has 0 radical (unpaired) electrons. The maximum absolute atomic E-state index is 13.9. The summed E-state index contributed by atoms with van der Waals surface area (Å²) in [6.07, 6.45) is 6.63. The van der Waals surface area contributed by atoms with Gasteiger partial charge in [-0.15, -0.1) is 0 Å². The molecule has 3 aromatic rings. The highest BCUT2D eigenvalue weighted by Crippen LogP contribution is 2.34. The Morgan fingerprint density at radius 2 is 1.93 bits per heavy atom. The average molecular weight is 572 g/mol. The molecule has 1 saturated carbocycles. The third kappa shape index (κ3) is 6.38. The van der Waals surface area contributed by atoms with Crippen LogP contribution in [0.2, 0.25) is 0 Å². The van der Waals surface area contributed by atoms with Crippen LogP contribution in [-0.4, -0.2) is 61.2 Å². The maximum atomic E-state index is 13.9. The zero-order valence-corrected chi connectivity index (χ0v) is 23.4. The van der Waals surface area contributed by atoms with E-state index in [-0.39, 0.29) is 40.7 Å². The van der Waals surface area contributed by atoms with Crippen molar-refractivity contribution in [1.29, 1.82) is 0 Å². The number of piperidine rings is 1. The van der Waals surface area contributed by atoms with E-state index in [9.17, 15) is 23.2 Å². The lowest BCUT2D eigenvalue weighted by Crippen LogP contribution is -2.41. The zero-order chi connectivity index (χ0) is 29.3. The molecule has 1 aliphatic heterocycles. The summed E-state index contributed by atoms with van der Waals surface area (Å²) in [4.78, 5) is 43.7. The summed E-state index contributed by atoms with van der Waals surface area (Å²) in [6, 6.07) is 1.64. The number of nitrogens with one attached hydrogen (secondary N) is 1. The molecule has 1 saturated heterocycles. The number of halogens is 2. The number of anilines is 2. The van der Waals surface area contributed by atoms with Crippen molar-refractivity contribution in [3.63, 3.8) is 0 Å². The molecule has 1 N–H and O–H groups in total. The molecule has 13 heteroatoms. The lowest BCUT2D eigenvalue weighted by Gasteiger charge is -2.33. The molecule has 0 spiro atoms. The largest absolute Gasteiger partial charge is 0.460 e. The Morgan fingerprint density at radius 1 is 1.17 bits per heavy atom. The first-order chi connectivity index (χ1) is 19.5. The molecule has 2 aliphatic rings. The monoisotopic (exact) mass is 571 g/mol. The first kappa shape index (κ1) is 28.6. The number of amides is 1. The molecule has 0 bridgehead atoms. The molecule has 1 atom stereocenters. The van der Waals surface area contributed by atoms with Gasteiger partial charge in [0.2, 0.25) is 0 Å². The summed E-state index contributed by atoms with van der Waals surface area (Å²) in [5.74, 6) is -0.628. The molecular formula is C28H35F2N7O4. The standard InChI is InChI=1S/C28H35F2N7O4/c1-28(2,3)41-27(40)18-5-4-11-35(14-18)22-10-12-36-25(33-22)20(13-31-36)26(39)32-21-15-37(34-23(21)24(29)30)19-8-6-17(16-38)7-9-19/h10,12-13,15-19,24H,4-9,11,14H2,1-3H3,(H,32,39)/t17?,18-,19?/m0/s1. The van der Waals surface area contributed by atoms with E-state index in [1.54, 1.807) is 12.3 Å². The lowest BCUT2D eigenvalue weighted by molar-refractivity contribution is -0.160. The molecule has 4 heterocycles. The second-order valence-electron chi connectivity index (χ2n) is 11.8. The van der Waals surface area contributed by atoms with E-state index in [2.05, 4.69) is 20.5 Å². The molecule has 220 valence electrons. The number of aromatic nitrogens is 5. The Hall–Kier alpha value is -3.90. The number of aldehydes is 1. The second kappa shape index (κ2) is 11.5. The number of hydrogen-bond acceptors (Lipinski definition) is 8. The summed E-state index contributed by atoms with van der Waals surface area (Å²) in [5.41, 5.74) is -0.784. The number of carbonyl (C=O) groups excluding carboxylic acids is 3. The van der Waals surface area contributed by atoms with Gasteiger partial charge < -0.3 is 19.7 Å². The third-order valence-electron chi connectivity index (χ3n) is 7.61. The Balaban J connectivity index is 1.34. The Kier molecular flexibility index (Phi) is 8.05. The fourth-order valence-corrected chi connectivity index (χ4v) is 5.50. The van der Waals surface area contributed by atoms with Crippen molar-refractivity contribution in [2.24, 2.45) is 11.8 Å². The van der Waals surface area contributed by atoms with E-state index >= 15 is 0 Å². The van der Waals surface area contributed by atoms with Gasteiger partial charge in [-0.1, -0.05) is 0 Å². The summed E-state index contributed by atoms with van der Waals surface area (Å²) < 4.78 is 36.2. The van der Waals surface area contributed by atoms with Gasteiger partial charge in [-0.05, 0) is 65.4 Å². The van der Waals surface area contributed by atoms with E-state index < -0.39 is 23.6 Å². The smallest absolute Gasteiger partial charge is 0.311 e. The number of fused-ring (bicyclic) bond motifs is 1. The van der Waals surface area contributed by atoms with Gasteiger partial charge in [-0.3, -0.25) is 14.3 Å².